The molecule has 1 fully saturated rings. The molecular weight excluding hydrogens is 376 g/mol. The minimum absolute atomic E-state index is 0.0724. The molecule has 1 amide bonds. The Morgan fingerprint density at radius 3 is 2.57 bits per heavy atom. The van der Waals surface area contributed by atoms with E-state index in [2.05, 4.69) is 17.1 Å². The van der Waals surface area contributed by atoms with Gasteiger partial charge in [-0.3, -0.25) is 4.79 Å². The topological polar surface area (TPSA) is 72.1 Å². The van der Waals surface area contributed by atoms with E-state index in [-0.39, 0.29) is 17.7 Å². The highest BCUT2D eigenvalue weighted by Crippen LogP contribution is 2.35. The summed E-state index contributed by atoms with van der Waals surface area (Å²) < 4.78 is 5.48. The molecule has 3 aromatic rings. The van der Waals surface area contributed by atoms with E-state index in [9.17, 15) is 4.79 Å². The summed E-state index contributed by atoms with van der Waals surface area (Å²) in [5.41, 5.74) is 3.84. The van der Waals surface area contributed by atoms with Gasteiger partial charge in [0.1, 0.15) is 5.82 Å². The first kappa shape index (κ1) is 20.3. The predicted molar refractivity (Wildman–Crippen MR) is 115 cm³/mol. The Morgan fingerprint density at radius 2 is 1.93 bits per heavy atom. The van der Waals surface area contributed by atoms with Gasteiger partial charge in [-0.25, -0.2) is 9.97 Å². The summed E-state index contributed by atoms with van der Waals surface area (Å²) in [6.45, 7) is 7.37. The maximum atomic E-state index is 13.2. The van der Waals surface area contributed by atoms with Gasteiger partial charge in [0.2, 0.25) is 5.91 Å². The van der Waals surface area contributed by atoms with Gasteiger partial charge in [0, 0.05) is 31.3 Å². The molecule has 0 N–H and O–H groups in total. The Hall–Kier alpha value is -3.02. The zero-order chi connectivity index (χ0) is 21.1. The third-order valence-electron chi connectivity index (χ3n) is 5.93. The molecule has 1 atom stereocenters. The maximum Gasteiger partial charge on any atom is 0.230 e. The number of carbonyl (C=O) groups is 1. The summed E-state index contributed by atoms with van der Waals surface area (Å²) in [5.74, 6) is 1.88. The molecule has 4 rings (SSSR count). The number of aryl methyl sites for hydroxylation is 2. The van der Waals surface area contributed by atoms with Crippen LogP contribution in [0.25, 0.3) is 11.3 Å². The van der Waals surface area contributed by atoms with Crippen molar-refractivity contribution in [3.8, 4) is 11.3 Å². The van der Waals surface area contributed by atoms with Crippen LogP contribution in [-0.2, 0) is 4.79 Å². The minimum atomic E-state index is -0.0724. The van der Waals surface area contributed by atoms with Crippen LogP contribution >= 0.6 is 0 Å². The van der Waals surface area contributed by atoms with E-state index in [1.165, 1.54) is 0 Å². The molecule has 1 saturated heterocycles. The molecule has 2 aromatic heterocycles. The standard InChI is InChI=1S/C24H28N4O2/c1-4-20(18-8-6-5-7-9-18)24(29)28-12-10-19(11-13-28)23-21(15-25-17(3)26-23)22-14-16(2)27-30-22/h5-9,14-15,19-20H,4,10-13H2,1-3H3. The number of likely N-dealkylation sites (tertiary alicyclic amines) is 1. The monoisotopic (exact) mass is 404 g/mol. The molecule has 0 spiro atoms. The SMILES string of the molecule is CCC(C(=O)N1CCC(c2nc(C)ncc2-c2cc(C)no2)CC1)c1ccccc1. The number of nitrogens with zero attached hydrogens (tertiary/aromatic N) is 4. The number of piperidine rings is 1. The molecule has 1 aliphatic heterocycles. The first-order valence-corrected chi connectivity index (χ1v) is 10.7. The van der Waals surface area contributed by atoms with Gasteiger partial charge in [0.15, 0.2) is 5.76 Å². The molecule has 6 heteroatoms. The number of benzene rings is 1. The van der Waals surface area contributed by atoms with E-state index in [4.69, 9.17) is 9.51 Å². The minimum Gasteiger partial charge on any atom is -0.356 e. The molecule has 0 saturated carbocycles. The number of hydrogen-bond acceptors (Lipinski definition) is 5. The Balaban J connectivity index is 1.50. The summed E-state index contributed by atoms with van der Waals surface area (Å²) in [6.07, 6.45) is 4.40. The average Bonchev–Trinajstić information content (AvgIpc) is 3.21. The Kier molecular flexibility index (Phi) is 5.93. The van der Waals surface area contributed by atoms with Crippen molar-refractivity contribution in [2.24, 2.45) is 0 Å². The van der Waals surface area contributed by atoms with Gasteiger partial charge in [-0.2, -0.15) is 0 Å². The van der Waals surface area contributed by atoms with E-state index in [1.54, 1.807) is 0 Å². The van der Waals surface area contributed by atoms with Crippen LogP contribution in [0, 0.1) is 13.8 Å². The van der Waals surface area contributed by atoms with Crippen LogP contribution in [0.5, 0.6) is 0 Å². The fraction of sp³-hybridized carbons (Fsp3) is 0.417. The highest BCUT2D eigenvalue weighted by Gasteiger charge is 2.31. The fourth-order valence-electron chi connectivity index (χ4n) is 4.31. The lowest BCUT2D eigenvalue weighted by Crippen LogP contribution is -2.40. The summed E-state index contributed by atoms with van der Waals surface area (Å²) in [7, 11) is 0. The molecule has 0 radical (unpaired) electrons. The molecule has 0 aliphatic carbocycles. The first-order valence-electron chi connectivity index (χ1n) is 10.7. The highest BCUT2D eigenvalue weighted by molar-refractivity contribution is 5.83. The highest BCUT2D eigenvalue weighted by atomic mass is 16.5. The van der Waals surface area contributed by atoms with Crippen molar-refractivity contribution in [3.05, 3.63) is 65.4 Å². The second-order valence-corrected chi connectivity index (χ2v) is 8.02. The van der Waals surface area contributed by atoms with Crippen molar-refractivity contribution >= 4 is 5.91 Å². The summed E-state index contributed by atoms with van der Waals surface area (Å²) >= 11 is 0. The number of amides is 1. The van der Waals surface area contributed by atoms with Gasteiger partial charge in [-0.15, -0.1) is 0 Å². The molecule has 156 valence electrons. The molecule has 30 heavy (non-hydrogen) atoms. The fourth-order valence-corrected chi connectivity index (χ4v) is 4.31. The molecule has 1 aromatic carbocycles. The number of rotatable bonds is 5. The van der Waals surface area contributed by atoms with E-state index < -0.39 is 0 Å². The molecule has 0 bridgehead atoms. The summed E-state index contributed by atoms with van der Waals surface area (Å²) in [4.78, 5) is 24.3. The first-order chi connectivity index (χ1) is 14.6. The lowest BCUT2D eigenvalue weighted by molar-refractivity contribution is -0.134. The molecule has 6 nitrogen and oxygen atoms in total. The van der Waals surface area contributed by atoms with Gasteiger partial charge in [0.05, 0.1) is 22.9 Å². The predicted octanol–water partition coefficient (Wildman–Crippen LogP) is 4.65. The van der Waals surface area contributed by atoms with Gasteiger partial charge in [-0.1, -0.05) is 42.4 Å². The van der Waals surface area contributed by atoms with Crippen molar-refractivity contribution in [2.45, 2.75) is 51.9 Å². The van der Waals surface area contributed by atoms with E-state index in [0.29, 0.717) is 5.76 Å². The van der Waals surface area contributed by atoms with Crippen molar-refractivity contribution in [1.29, 1.82) is 0 Å². The quantitative estimate of drug-likeness (QED) is 0.619. The van der Waals surface area contributed by atoms with Crippen molar-refractivity contribution < 1.29 is 9.32 Å². The molecule has 3 heterocycles. The zero-order valence-electron chi connectivity index (χ0n) is 17.8. The number of aromatic nitrogens is 3. The maximum absolute atomic E-state index is 13.2. The van der Waals surface area contributed by atoms with Crippen molar-refractivity contribution in [2.75, 3.05) is 13.1 Å². The third kappa shape index (κ3) is 4.13. The largest absolute Gasteiger partial charge is 0.356 e. The van der Waals surface area contributed by atoms with Gasteiger partial charge in [-0.05, 0) is 38.7 Å². The lowest BCUT2D eigenvalue weighted by atomic mass is 9.88. The smallest absolute Gasteiger partial charge is 0.230 e. The van der Waals surface area contributed by atoms with Crippen molar-refractivity contribution in [1.82, 2.24) is 20.0 Å². The molecular formula is C24H28N4O2. The van der Waals surface area contributed by atoms with Crippen molar-refractivity contribution in [3.63, 3.8) is 0 Å². The normalized spacial score (nSPS) is 15.9. The van der Waals surface area contributed by atoms with Gasteiger partial charge >= 0.3 is 0 Å². The number of carbonyl (C=O) groups excluding carboxylic acids is 1. The zero-order valence-corrected chi connectivity index (χ0v) is 17.8. The van der Waals surface area contributed by atoms with Crippen LogP contribution in [0.2, 0.25) is 0 Å². The Morgan fingerprint density at radius 1 is 1.20 bits per heavy atom. The Labute approximate surface area is 177 Å². The Bertz CT molecular complexity index is 1010. The number of hydrogen-bond donors (Lipinski definition) is 0. The van der Waals surface area contributed by atoms with Crippen LogP contribution < -0.4 is 0 Å². The van der Waals surface area contributed by atoms with Crippen LogP contribution in [0.15, 0.2) is 47.1 Å². The second-order valence-electron chi connectivity index (χ2n) is 8.02. The summed E-state index contributed by atoms with van der Waals surface area (Å²) in [5, 5.41) is 4.01. The van der Waals surface area contributed by atoms with E-state index >= 15 is 0 Å². The van der Waals surface area contributed by atoms with E-state index in [1.807, 2.05) is 61.3 Å². The second kappa shape index (κ2) is 8.78. The third-order valence-corrected chi connectivity index (χ3v) is 5.93. The van der Waals surface area contributed by atoms with Crippen LogP contribution in [-0.4, -0.2) is 39.0 Å². The van der Waals surface area contributed by atoms with Crippen LogP contribution in [0.4, 0.5) is 0 Å². The van der Waals surface area contributed by atoms with Crippen LogP contribution in [0.3, 0.4) is 0 Å². The van der Waals surface area contributed by atoms with Gasteiger partial charge < -0.3 is 9.42 Å². The average molecular weight is 405 g/mol. The lowest BCUT2D eigenvalue weighted by Gasteiger charge is -2.34. The van der Waals surface area contributed by atoms with Gasteiger partial charge in [0.25, 0.3) is 0 Å². The van der Waals surface area contributed by atoms with Crippen LogP contribution in [0.1, 0.15) is 60.8 Å². The molecule has 1 unspecified atom stereocenters. The summed E-state index contributed by atoms with van der Waals surface area (Å²) in [6, 6.07) is 12.0. The molecule has 1 aliphatic rings. The van der Waals surface area contributed by atoms with E-state index in [0.717, 1.165) is 60.7 Å².